The lowest BCUT2D eigenvalue weighted by Gasteiger charge is -2.32. The first kappa shape index (κ1) is 27.4. The van der Waals surface area contributed by atoms with Crippen LogP contribution in [0.4, 0.5) is 5.69 Å². The van der Waals surface area contributed by atoms with Crippen LogP contribution in [0.15, 0.2) is 107 Å². The lowest BCUT2D eigenvalue weighted by molar-refractivity contribution is 0.0907. The van der Waals surface area contributed by atoms with Gasteiger partial charge in [-0.15, -0.1) is 0 Å². The van der Waals surface area contributed by atoms with Crippen molar-refractivity contribution in [3.63, 3.8) is 0 Å². The second kappa shape index (κ2) is 12.0. The average molecular weight is 584 g/mol. The molecule has 2 aliphatic heterocycles. The predicted octanol–water partition coefficient (Wildman–Crippen LogP) is 6.06. The summed E-state index contributed by atoms with van der Waals surface area (Å²) in [5, 5.41) is 3.76. The first-order chi connectivity index (χ1) is 20.0. The van der Waals surface area contributed by atoms with Gasteiger partial charge in [0.25, 0.3) is 11.8 Å². The third-order valence-corrected chi connectivity index (χ3v) is 9.41. The largest absolute Gasteiger partial charge is 0.349 e. The van der Waals surface area contributed by atoms with E-state index in [9.17, 15) is 13.8 Å². The molecule has 1 N–H and O–H groups in total. The number of carbonyl (C=O) groups excluding carboxylic acids is 2. The first-order valence-corrected chi connectivity index (χ1v) is 15.3. The van der Waals surface area contributed by atoms with E-state index in [1.54, 1.807) is 53.4 Å². The molecule has 0 saturated carbocycles. The number of nitrogens with one attached hydrogen (secondary N) is 1. The Hall–Kier alpha value is -3.78. The van der Waals surface area contributed by atoms with Gasteiger partial charge in [0, 0.05) is 36.3 Å². The highest BCUT2D eigenvalue weighted by Gasteiger charge is 2.32. The molecular weight excluding hydrogens is 554 g/mol. The van der Waals surface area contributed by atoms with Crippen LogP contribution in [0.5, 0.6) is 0 Å². The van der Waals surface area contributed by atoms with Crippen molar-refractivity contribution >= 4 is 39.9 Å². The molecule has 4 aromatic rings. The lowest BCUT2D eigenvalue weighted by atomic mass is 10.0. The molecule has 1 saturated heterocycles. The number of halogens is 1. The standard InChI is InChI=1S/C33H30ClN3O3S/c34-26-10-6-9-24(19-26)22-37-29-20-25(13-14-31(29)41(40)30-12-5-4-11-28(30)33(37)39)32(38)35-27-15-17-36(18-16-27)21-23-7-2-1-3-8-23/h1-14,19-20,27H,15-18,21-22H2,(H,35,38)/t41-/m0/s1. The Kier molecular flexibility index (Phi) is 8.01. The Morgan fingerprint density at radius 1 is 0.829 bits per heavy atom. The molecule has 1 fully saturated rings. The molecule has 0 radical (unpaired) electrons. The number of nitrogens with zero attached hydrogens (tertiary/aromatic N) is 2. The maximum atomic E-state index is 13.8. The quantitative estimate of drug-likeness (QED) is 0.299. The fraction of sp³-hybridized carbons (Fsp3) is 0.212. The van der Waals surface area contributed by atoms with E-state index in [2.05, 4.69) is 34.5 Å². The van der Waals surface area contributed by atoms with Crippen LogP contribution in [0.25, 0.3) is 0 Å². The molecule has 208 valence electrons. The average Bonchev–Trinajstić information content (AvgIpc) is 3.08. The van der Waals surface area contributed by atoms with Crippen LogP contribution < -0.4 is 10.2 Å². The van der Waals surface area contributed by atoms with Crippen LogP contribution >= 0.6 is 11.6 Å². The van der Waals surface area contributed by atoms with Crippen molar-refractivity contribution in [2.24, 2.45) is 0 Å². The van der Waals surface area contributed by atoms with Crippen molar-refractivity contribution in [1.82, 2.24) is 10.2 Å². The van der Waals surface area contributed by atoms with Gasteiger partial charge in [-0.05, 0) is 66.4 Å². The summed E-state index contributed by atoms with van der Waals surface area (Å²) in [5.74, 6) is -0.465. The molecular formula is C33H30ClN3O3S. The number of amides is 2. The Morgan fingerprint density at radius 3 is 2.34 bits per heavy atom. The van der Waals surface area contributed by atoms with Crippen molar-refractivity contribution in [3.8, 4) is 0 Å². The van der Waals surface area contributed by atoms with Crippen LogP contribution in [0.1, 0.15) is 44.7 Å². The van der Waals surface area contributed by atoms with Crippen LogP contribution in [-0.4, -0.2) is 40.1 Å². The maximum absolute atomic E-state index is 13.8. The summed E-state index contributed by atoms with van der Waals surface area (Å²) in [5.41, 5.74) is 3.41. The van der Waals surface area contributed by atoms with Crippen molar-refractivity contribution in [2.45, 2.75) is 41.8 Å². The van der Waals surface area contributed by atoms with E-state index >= 15 is 0 Å². The molecule has 41 heavy (non-hydrogen) atoms. The Morgan fingerprint density at radius 2 is 1.56 bits per heavy atom. The van der Waals surface area contributed by atoms with Gasteiger partial charge in [0.05, 0.1) is 38.4 Å². The number of piperidine rings is 1. The molecule has 8 heteroatoms. The van der Waals surface area contributed by atoms with E-state index in [-0.39, 0.29) is 24.4 Å². The number of rotatable bonds is 6. The number of hydrogen-bond acceptors (Lipinski definition) is 4. The molecule has 6 rings (SSSR count). The predicted molar refractivity (Wildman–Crippen MR) is 162 cm³/mol. The van der Waals surface area contributed by atoms with Gasteiger partial charge >= 0.3 is 0 Å². The molecule has 2 amide bonds. The van der Waals surface area contributed by atoms with Crippen molar-refractivity contribution in [1.29, 1.82) is 0 Å². The zero-order valence-electron chi connectivity index (χ0n) is 22.5. The summed E-state index contributed by atoms with van der Waals surface area (Å²) >= 11 is 6.24. The van der Waals surface area contributed by atoms with E-state index in [0.717, 1.165) is 38.0 Å². The van der Waals surface area contributed by atoms with Crippen LogP contribution in [0.2, 0.25) is 5.02 Å². The number of benzene rings is 4. The summed E-state index contributed by atoms with van der Waals surface area (Å²) in [4.78, 5) is 32.2. The van der Waals surface area contributed by atoms with Crippen molar-refractivity contribution < 1.29 is 13.8 Å². The zero-order valence-corrected chi connectivity index (χ0v) is 24.0. The SMILES string of the molecule is O=C(NC1CCN(Cc2ccccc2)CC1)c1ccc2c(c1)N(Cc1cccc(Cl)c1)C(=O)c1ccccc1[S@@]2=O. The van der Waals surface area contributed by atoms with Crippen LogP contribution in [-0.2, 0) is 23.9 Å². The second-order valence-electron chi connectivity index (χ2n) is 10.5. The number of anilines is 1. The smallest absolute Gasteiger partial charge is 0.259 e. The molecule has 6 nitrogen and oxygen atoms in total. The molecule has 0 aliphatic carbocycles. The number of carbonyl (C=O) groups is 2. The molecule has 4 aromatic carbocycles. The van der Waals surface area contributed by atoms with Gasteiger partial charge in [0.1, 0.15) is 0 Å². The van der Waals surface area contributed by atoms with Gasteiger partial charge in [0.2, 0.25) is 0 Å². The molecule has 0 aromatic heterocycles. The lowest BCUT2D eigenvalue weighted by Crippen LogP contribution is -2.44. The van der Waals surface area contributed by atoms with Gasteiger partial charge in [-0.2, -0.15) is 0 Å². The Balaban J connectivity index is 1.24. The fourth-order valence-electron chi connectivity index (χ4n) is 5.53. The monoisotopic (exact) mass is 583 g/mol. The topological polar surface area (TPSA) is 69.7 Å². The highest BCUT2D eigenvalue weighted by Crippen LogP contribution is 2.36. The molecule has 0 bridgehead atoms. The zero-order chi connectivity index (χ0) is 28.3. The van der Waals surface area contributed by atoms with Gasteiger partial charge in [-0.25, -0.2) is 4.21 Å². The van der Waals surface area contributed by atoms with Gasteiger partial charge < -0.3 is 10.2 Å². The van der Waals surface area contributed by atoms with Gasteiger partial charge in [-0.1, -0.05) is 66.2 Å². The number of fused-ring (bicyclic) bond motifs is 2. The fourth-order valence-corrected chi connectivity index (χ4v) is 7.08. The summed E-state index contributed by atoms with van der Waals surface area (Å²) < 4.78 is 13.7. The van der Waals surface area contributed by atoms with Crippen molar-refractivity contribution in [2.75, 3.05) is 18.0 Å². The first-order valence-electron chi connectivity index (χ1n) is 13.7. The summed E-state index contributed by atoms with van der Waals surface area (Å²) in [6.45, 7) is 2.94. The highest BCUT2D eigenvalue weighted by molar-refractivity contribution is 7.85. The molecule has 2 heterocycles. The summed E-state index contributed by atoms with van der Waals surface area (Å²) in [7, 11) is -1.59. The number of hydrogen-bond donors (Lipinski definition) is 1. The molecule has 0 unspecified atom stereocenters. The summed E-state index contributed by atoms with van der Waals surface area (Å²) in [6, 6.07) is 29.9. The molecule has 2 aliphatic rings. The number of likely N-dealkylation sites (tertiary alicyclic amines) is 1. The normalized spacial score (nSPS) is 17.4. The van der Waals surface area contributed by atoms with E-state index in [0.29, 0.717) is 31.6 Å². The minimum Gasteiger partial charge on any atom is -0.349 e. The van der Waals surface area contributed by atoms with Crippen LogP contribution in [0.3, 0.4) is 0 Å². The minimum atomic E-state index is -1.59. The van der Waals surface area contributed by atoms with Crippen molar-refractivity contribution in [3.05, 3.63) is 124 Å². The van der Waals surface area contributed by atoms with Crippen LogP contribution in [0, 0.1) is 0 Å². The minimum absolute atomic E-state index is 0.0657. The highest BCUT2D eigenvalue weighted by atomic mass is 35.5. The third-order valence-electron chi connectivity index (χ3n) is 7.68. The van der Waals surface area contributed by atoms with E-state index in [1.807, 2.05) is 24.3 Å². The van der Waals surface area contributed by atoms with E-state index < -0.39 is 10.8 Å². The van der Waals surface area contributed by atoms with E-state index in [4.69, 9.17) is 11.6 Å². The second-order valence-corrected chi connectivity index (χ2v) is 12.3. The summed E-state index contributed by atoms with van der Waals surface area (Å²) in [6.07, 6.45) is 1.73. The van der Waals surface area contributed by atoms with E-state index in [1.165, 1.54) is 5.56 Å². The Bertz CT molecular complexity index is 1620. The molecule has 0 spiro atoms. The Labute approximate surface area is 247 Å². The molecule has 1 atom stereocenters. The maximum Gasteiger partial charge on any atom is 0.259 e. The van der Waals surface area contributed by atoms with Gasteiger partial charge in [0.15, 0.2) is 0 Å². The van der Waals surface area contributed by atoms with Gasteiger partial charge in [-0.3, -0.25) is 14.5 Å². The third kappa shape index (κ3) is 5.98.